The Bertz CT molecular complexity index is 758. The molecular formula is C21H30FN5. The number of rotatable bonds is 7. The van der Waals surface area contributed by atoms with Gasteiger partial charge in [0.05, 0.1) is 11.4 Å². The average molecular weight is 372 g/mol. The van der Waals surface area contributed by atoms with Crippen LogP contribution < -0.4 is 10.2 Å². The predicted molar refractivity (Wildman–Crippen MR) is 107 cm³/mol. The first-order valence-electron chi connectivity index (χ1n) is 10.3. The molecule has 4 rings (SSSR count). The van der Waals surface area contributed by atoms with Crippen molar-refractivity contribution < 1.29 is 4.39 Å². The third-order valence-electron chi connectivity index (χ3n) is 5.71. The van der Waals surface area contributed by atoms with Crippen molar-refractivity contribution in [2.75, 3.05) is 37.6 Å². The van der Waals surface area contributed by atoms with Gasteiger partial charge < -0.3 is 15.1 Å². The van der Waals surface area contributed by atoms with E-state index in [1.165, 1.54) is 36.4 Å². The lowest BCUT2D eigenvalue weighted by Gasteiger charge is -2.36. The lowest BCUT2D eigenvalue weighted by Crippen LogP contribution is -2.47. The van der Waals surface area contributed by atoms with Crippen LogP contribution in [0, 0.1) is 5.82 Å². The maximum atomic E-state index is 13.5. The normalized spacial score (nSPS) is 18.3. The number of likely N-dealkylation sites (N-methyl/N-ethyl adjacent to an activating group) is 1. The summed E-state index contributed by atoms with van der Waals surface area (Å²) in [5.74, 6) is 0.970. The molecule has 1 aliphatic carbocycles. The minimum Gasteiger partial charge on any atom is -0.354 e. The number of halogens is 1. The van der Waals surface area contributed by atoms with Crippen LogP contribution in [0.15, 0.2) is 24.3 Å². The summed E-state index contributed by atoms with van der Waals surface area (Å²) in [4.78, 5) is 4.95. The number of aromatic nitrogens is 2. The van der Waals surface area contributed by atoms with Gasteiger partial charge in [0.1, 0.15) is 11.6 Å². The van der Waals surface area contributed by atoms with E-state index >= 15 is 0 Å². The summed E-state index contributed by atoms with van der Waals surface area (Å²) in [6, 6.07) is 7.35. The lowest BCUT2D eigenvalue weighted by atomic mass is 10.1. The molecule has 2 fully saturated rings. The number of hydrogen-bond acceptors (Lipinski definition) is 4. The fourth-order valence-corrected chi connectivity index (χ4v) is 3.85. The highest BCUT2D eigenvalue weighted by molar-refractivity contribution is 5.56. The van der Waals surface area contributed by atoms with Gasteiger partial charge in [-0.25, -0.2) is 9.07 Å². The summed E-state index contributed by atoms with van der Waals surface area (Å²) in [5, 5.41) is 8.61. The zero-order valence-corrected chi connectivity index (χ0v) is 16.4. The monoisotopic (exact) mass is 371 g/mol. The van der Waals surface area contributed by atoms with Crippen molar-refractivity contribution in [3.8, 4) is 5.69 Å². The van der Waals surface area contributed by atoms with Crippen molar-refractivity contribution in [2.24, 2.45) is 0 Å². The second-order valence-electron chi connectivity index (χ2n) is 7.57. The molecule has 1 N–H and O–H groups in total. The van der Waals surface area contributed by atoms with Gasteiger partial charge in [0.15, 0.2) is 0 Å². The molecule has 2 heterocycles. The van der Waals surface area contributed by atoms with Crippen molar-refractivity contribution in [3.63, 3.8) is 0 Å². The molecular weight excluding hydrogens is 341 g/mol. The topological polar surface area (TPSA) is 36.3 Å². The highest BCUT2D eigenvalue weighted by atomic mass is 19.1. The molecule has 1 aliphatic heterocycles. The Morgan fingerprint density at radius 3 is 2.37 bits per heavy atom. The molecule has 5 nitrogen and oxygen atoms in total. The van der Waals surface area contributed by atoms with Gasteiger partial charge in [0.2, 0.25) is 0 Å². The third kappa shape index (κ3) is 4.01. The molecule has 1 aromatic heterocycles. The molecule has 0 radical (unpaired) electrons. The minimum absolute atomic E-state index is 0.213. The smallest absolute Gasteiger partial charge is 0.137 e. The summed E-state index contributed by atoms with van der Waals surface area (Å²) in [5.41, 5.74) is 3.37. The number of benzene rings is 1. The first-order chi connectivity index (χ1) is 13.2. The van der Waals surface area contributed by atoms with E-state index in [1.54, 1.807) is 0 Å². The van der Waals surface area contributed by atoms with Gasteiger partial charge in [-0.05, 0) is 50.1 Å². The number of piperazine rings is 1. The van der Waals surface area contributed by atoms with Gasteiger partial charge in [-0.2, -0.15) is 5.10 Å². The van der Waals surface area contributed by atoms with E-state index in [0.29, 0.717) is 6.04 Å². The highest BCUT2D eigenvalue weighted by Gasteiger charge is 2.27. The molecule has 2 aliphatic rings. The van der Waals surface area contributed by atoms with E-state index in [2.05, 4.69) is 29.0 Å². The number of anilines is 1. The molecule has 2 aromatic rings. The van der Waals surface area contributed by atoms with Gasteiger partial charge >= 0.3 is 0 Å². The first-order valence-corrected chi connectivity index (χ1v) is 10.3. The van der Waals surface area contributed by atoms with Crippen LogP contribution in [0.1, 0.15) is 37.9 Å². The standard InChI is InChI=1S/C21H30FN5/c1-3-20-19(15-23-17-7-8-17)21(26-13-11-25(4-2)12-14-26)27(24-20)18-9-5-16(22)6-10-18/h5-6,9-10,17,23H,3-4,7-8,11-15H2,1-2H3. The molecule has 1 saturated heterocycles. The van der Waals surface area contributed by atoms with Gasteiger partial charge in [-0.3, -0.25) is 0 Å². The van der Waals surface area contributed by atoms with Crippen LogP contribution in [0.2, 0.25) is 0 Å². The number of nitrogens with zero attached hydrogens (tertiary/aromatic N) is 4. The van der Waals surface area contributed by atoms with Crippen LogP contribution in [0.3, 0.4) is 0 Å². The highest BCUT2D eigenvalue weighted by Crippen LogP contribution is 2.30. The van der Waals surface area contributed by atoms with Gasteiger partial charge in [0, 0.05) is 44.3 Å². The van der Waals surface area contributed by atoms with Crippen molar-refractivity contribution in [1.29, 1.82) is 0 Å². The van der Waals surface area contributed by atoms with E-state index in [0.717, 1.165) is 57.1 Å². The zero-order chi connectivity index (χ0) is 18.8. The molecule has 1 aromatic carbocycles. The Labute approximate surface area is 161 Å². The van der Waals surface area contributed by atoms with Crippen LogP contribution in [0.5, 0.6) is 0 Å². The molecule has 1 saturated carbocycles. The van der Waals surface area contributed by atoms with Crippen LogP contribution >= 0.6 is 0 Å². The fraction of sp³-hybridized carbons (Fsp3) is 0.571. The van der Waals surface area contributed by atoms with Gasteiger partial charge in [0.25, 0.3) is 0 Å². The maximum Gasteiger partial charge on any atom is 0.137 e. The Morgan fingerprint density at radius 1 is 1.07 bits per heavy atom. The Morgan fingerprint density at radius 2 is 1.78 bits per heavy atom. The quantitative estimate of drug-likeness (QED) is 0.812. The lowest BCUT2D eigenvalue weighted by molar-refractivity contribution is 0.270. The SMILES string of the molecule is CCc1nn(-c2ccc(F)cc2)c(N2CCN(CC)CC2)c1CNC1CC1. The van der Waals surface area contributed by atoms with Crippen LogP contribution in [0.4, 0.5) is 10.2 Å². The molecule has 6 heteroatoms. The van der Waals surface area contributed by atoms with Crippen molar-refractivity contribution in [3.05, 3.63) is 41.3 Å². The summed E-state index contributed by atoms with van der Waals surface area (Å²) in [6.07, 6.45) is 3.45. The predicted octanol–water partition coefficient (Wildman–Crippen LogP) is 2.97. The maximum absolute atomic E-state index is 13.5. The second-order valence-corrected chi connectivity index (χ2v) is 7.57. The molecule has 0 amide bonds. The number of aryl methyl sites for hydroxylation is 1. The summed E-state index contributed by atoms with van der Waals surface area (Å²) in [6.45, 7) is 10.5. The van der Waals surface area contributed by atoms with E-state index in [9.17, 15) is 4.39 Å². The Balaban J connectivity index is 1.71. The van der Waals surface area contributed by atoms with Crippen LogP contribution in [-0.4, -0.2) is 53.4 Å². The van der Waals surface area contributed by atoms with Gasteiger partial charge in [-0.15, -0.1) is 0 Å². The van der Waals surface area contributed by atoms with E-state index in [4.69, 9.17) is 5.10 Å². The van der Waals surface area contributed by atoms with E-state index in [-0.39, 0.29) is 5.82 Å². The molecule has 0 spiro atoms. The Kier molecular flexibility index (Phi) is 5.45. The van der Waals surface area contributed by atoms with Crippen LogP contribution in [-0.2, 0) is 13.0 Å². The summed E-state index contributed by atoms with van der Waals surface area (Å²) in [7, 11) is 0. The Hall–Kier alpha value is -1.92. The van der Waals surface area contributed by atoms with Crippen molar-refractivity contribution in [1.82, 2.24) is 20.0 Å². The third-order valence-corrected chi connectivity index (χ3v) is 5.71. The first kappa shape index (κ1) is 18.4. The number of hydrogen-bond donors (Lipinski definition) is 1. The fourth-order valence-electron chi connectivity index (χ4n) is 3.85. The summed E-state index contributed by atoms with van der Waals surface area (Å²) >= 11 is 0. The molecule has 0 atom stereocenters. The van der Waals surface area contributed by atoms with Crippen molar-refractivity contribution in [2.45, 2.75) is 45.7 Å². The molecule has 0 unspecified atom stereocenters. The van der Waals surface area contributed by atoms with Crippen molar-refractivity contribution >= 4 is 5.82 Å². The van der Waals surface area contributed by atoms with Crippen LogP contribution in [0.25, 0.3) is 5.69 Å². The minimum atomic E-state index is -0.213. The molecule has 27 heavy (non-hydrogen) atoms. The largest absolute Gasteiger partial charge is 0.354 e. The summed E-state index contributed by atoms with van der Waals surface area (Å²) < 4.78 is 15.5. The van der Waals surface area contributed by atoms with E-state index in [1.807, 2.05) is 16.8 Å². The average Bonchev–Trinajstić information content (AvgIpc) is 3.46. The zero-order valence-electron chi connectivity index (χ0n) is 16.4. The van der Waals surface area contributed by atoms with Gasteiger partial charge in [-0.1, -0.05) is 13.8 Å². The molecule has 146 valence electrons. The number of nitrogens with one attached hydrogen (secondary N) is 1. The molecule has 0 bridgehead atoms. The second kappa shape index (κ2) is 7.98. The van der Waals surface area contributed by atoms with E-state index < -0.39 is 0 Å².